The average molecular weight is 389 g/mol. The number of hydrogen-bond acceptors (Lipinski definition) is 4. The smallest absolute Gasteiger partial charge is 0.119 e. The molecule has 2 aliphatic rings. The van der Waals surface area contributed by atoms with E-state index in [2.05, 4.69) is 46.9 Å². The molecule has 0 amide bonds. The first kappa shape index (κ1) is 18.2. The summed E-state index contributed by atoms with van der Waals surface area (Å²) < 4.78 is 9.41. The minimum Gasteiger partial charge on any atom is -0.490 e. The molecule has 0 radical (unpaired) electrons. The largest absolute Gasteiger partial charge is 0.490 e. The van der Waals surface area contributed by atoms with Crippen molar-refractivity contribution in [3.8, 4) is 5.75 Å². The van der Waals surface area contributed by atoms with Crippen molar-refractivity contribution in [1.82, 2.24) is 9.62 Å². The predicted molar refractivity (Wildman–Crippen MR) is 109 cm³/mol. The Kier molecular flexibility index (Phi) is 5.75. The van der Waals surface area contributed by atoms with Crippen molar-refractivity contribution in [2.45, 2.75) is 49.8 Å². The van der Waals surface area contributed by atoms with Gasteiger partial charge in [0.15, 0.2) is 0 Å². The van der Waals surface area contributed by atoms with Crippen LogP contribution >= 0.6 is 23.5 Å². The fourth-order valence-electron chi connectivity index (χ4n) is 3.22. The van der Waals surface area contributed by atoms with E-state index in [-0.39, 0.29) is 0 Å². The van der Waals surface area contributed by atoms with Gasteiger partial charge in [0.05, 0.1) is 11.1 Å². The number of nitrogens with zero attached hydrogens (tertiary/aromatic N) is 1. The normalized spacial score (nSPS) is 20.5. The molecule has 2 aromatic carbocycles. The Morgan fingerprint density at radius 1 is 1.15 bits per heavy atom. The lowest BCUT2D eigenvalue weighted by Gasteiger charge is -2.17. The molecule has 2 fully saturated rings. The van der Waals surface area contributed by atoms with Crippen LogP contribution in [-0.4, -0.2) is 30.1 Å². The molecule has 1 unspecified atom stereocenters. The summed E-state index contributed by atoms with van der Waals surface area (Å²) in [5.74, 6) is 1.00. The molecule has 3 nitrogen and oxygen atoms in total. The highest BCUT2D eigenvalue weighted by atomic mass is 35.5. The summed E-state index contributed by atoms with van der Waals surface area (Å²) in [6.45, 7) is 5.28. The van der Waals surface area contributed by atoms with Crippen molar-refractivity contribution in [3.63, 3.8) is 0 Å². The van der Waals surface area contributed by atoms with Crippen LogP contribution in [0.15, 0.2) is 47.4 Å². The van der Waals surface area contributed by atoms with Gasteiger partial charge in [-0.05, 0) is 73.5 Å². The molecule has 26 heavy (non-hydrogen) atoms. The van der Waals surface area contributed by atoms with Crippen LogP contribution in [-0.2, 0) is 6.54 Å². The summed E-state index contributed by atoms with van der Waals surface area (Å²) in [5.41, 5.74) is 2.59. The lowest BCUT2D eigenvalue weighted by molar-refractivity contribution is 0.302. The molecule has 2 aromatic rings. The molecule has 1 N–H and O–H groups in total. The van der Waals surface area contributed by atoms with E-state index in [9.17, 15) is 0 Å². The van der Waals surface area contributed by atoms with Gasteiger partial charge < -0.3 is 4.74 Å². The van der Waals surface area contributed by atoms with E-state index >= 15 is 0 Å². The summed E-state index contributed by atoms with van der Waals surface area (Å²) >= 11 is 7.94. The summed E-state index contributed by atoms with van der Waals surface area (Å²) in [5, 5.41) is 0.816. The first-order valence-electron chi connectivity index (χ1n) is 9.32. The molecular formula is C21H25ClN2OS. The Balaban J connectivity index is 1.25. The number of halogens is 1. The first-order chi connectivity index (χ1) is 12.7. The fourth-order valence-corrected chi connectivity index (χ4v) is 4.35. The van der Waals surface area contributed by atoms with Crippen molar-refractivity contribution in [1.29, 1.82) is 0 Å². The molecule has 1 atom stereocenters. The zero-order valence-corrected chi connectivity index (χ0v) is 16.7. The van der Waals surface area contributed by atoms with Crippen LogP contribution in [0.3, 0.4) is 0 Å². The van der Waals surface area contributed by atoms with Gasteiger partial charge in [0.2, 0.25) is 0 Å². The number of ether oxygens (including phenoxy) is 1. The maximum Gasteiger partial charge on any atom is 0.119 e. The van der Waals surface area contributed by atoms with Crippen molar-refractivity contribution in [2.24, 2.45) is 0 Å². The maximum atomic E-state index is 6.28. The van der Waals surface area contributed by atoms with E-state index in [1.807, 2.05) is 12.1 Å². The molecule has 5 heteroatoms. The third kappa shape index (κ3) is 4.95. The van der Waals surface area contributed by atoms with Crippen LogP contribution in [0, 0.1) is 6.92 Å². The Morgan fingerprint density at radius 3 is 2.73 bits per heavy atom. The van der Waals surface area contributed by atoms with Gasteiger partial charge in [-0.1, -0.05) is 29.8 Å². The molecule has 0 aromatic heterocycles. The van der Waals surface area contributed by atoms with Gasteiger partial charge in [0.25, 0.3) is 0 Å². The molecule has 1 saturated heterocycles. The van der Waals surface area contributed by atoms with E-state index in [0.717, 1.165) is 35.3 Å². The summed E-state index contributed by atoms with van der Waals surface area (Å²) in [7, 11) is 0. The van der Waals surface area contributed by atoms with E-state index in [1.165, 1.54) is 30.4 Å². The number of aryl methyl sites for hydroxylation is 1. The Labute approximate surface area is 165 Å². The minimum atomic E-state index is 0.464. The number of benzene rings is 2. The second kappa shape index (κ2) is 8.22. The maximum absolute atomic E-state index is 6.28. The van der Waals surface area contributed by atoms with Crippen molar-refractivity contribution in [2.75, 3.05) is 13.1 Å². The zero-order valence-electron chi connectivity index (χ0n) is 15.1. The monoisotopic (exact) mass is 388 g/mol. The van der Waals surface area contributed by atoms with Gasteiger partial charge in [-0.15, -0.1) is 0 Å². The van der Waals surface area contributed by atoms with Crippen LogP contribution in [0.4, 0.5) is 0 Å². The van der Waals surface area contributed by atoms with Gasteiger partial charge in [0.1, 0.15) is 5.75 Å². The summed E-state index contributed by atoms with van der Waals surface area (Å²) in [4.78, 5) is 3.61. The van der Waals surface area contributed by atoms with E-state index in [4.69, 9.17) is 16.3 Å². The lowest BCUT2D eigenvalue weighted by atomic mass is 10.2. The molecule has 4 rings (SSSR count). The van der Waals surface area contributed by atoms with E-state index in [1.54, 1.807) is 11.9 Å². The third-order valence-corrected chi connectivity index (χ3v) is 6.30. The van der Waals surface area contributed by atoms with Gasteiger partial charge in [-0.25, -0.2) is 0 Å². The molecule has 1 heterocycles. The third-order valence-electron chi connectivity index (χ3n) is 4.85. The second-order valence-electron chi connectivity index (χ2n) is 7.34. The Morgan fingerprint density at radius 2 is 1.96 bits per heavy atom. The standard InChI is InChI=1S/C21H25ClN2OS/c1-15-2-9-20(22)21(12-15)26-23-17-10-11-24(14-17)13-16-3-5-18(6-4-16)25-19-7-8-19/h2-6,9,12,17,19,23H,7-8,10-11,13-14H2,1H3. The number of likely N-dealkylation sites (tertiary alicyclic amines) is 1. The predicted octanol–water partition coefficient (Wildman–Crippen LogP) is 5.06. The zero-order chi connectivity index (χ0) is 17.9. The minimum absolute atomic E-state index is 0.464. The fraction of sp³-hybridized carbons (Fsp3) is 0.429. The molecule has 1 aliphatic carbocycles. The molecule has 1 saturated carbocycles. The first-order valence-corrected chi connectivity index (χ1v) is 10.5. The van der Waals surface area contributed by atoms with Gasteiger partial charge in [-0.3, -0.25) is 9.62 Å². The second-order valence-corrected chi connectivity index (χ2v) is 8.62. The van der Waals surface area contributed by atoms with Gasteiger partial charge in [-0.2, -0.15) is 0 Å². The Hall–Kier alpha value is -1.20. The quantitative estimate of drug-likeness (QED) is 0.670. The number of nitrogens with one attached hydrogen (secondary N) is 1. The number of hydrogen-bond donors (Lipinski definition) is 1. The van der Waals surface area contributed by atoms with Gasteiger partial charge >= 0.3 is 0 Å². The summed E-state index contributed by atoms with van der Waals surface area (Å²) in [6.07, 6.45) is 4.04. The lowest BCUT2D eigenvalue weighted by Crippen LogP contribution is -2.28. The molecular weight excluding hydrogens is 364 g/mol. The van der Waals surface area contributed by atoms with E-state index < -0.39 is 0 Å². The van der Waals surface area contributed by atoms with Crippen molar-refractivity contribution < 1.29 is 4.74 Å². The van der Waals surface area contributed by atoms with Crippen LogP contribution < -0.4 is 9.46 Å². The van der Waals surface area contributed by atoms with Crippen LogP contribution in [0.1, 0.15) is 30.4 Å². The number of rotatable bonds is 7. The van der Waals surface area contributed by atoms with Gasteiger partial charge in [0, 0.05) is 30.6 Å². The van der Waals surface area contributed by atoms with Crippen LogP contribution in [0.2, 0.25) is 5.02 Å². The van der Waals surface area contributed by atoms with Crippen LogP contribution in [0.5, 0.6) is 5.75 Å². The highest BCUT2D eigenvalue weighted by Crippen LogP contribution is 2.28. The van der Waals surface area contributed by atoms with E-state index in [0.29, 0.717) is 12.1 Å². The van der Waals surface area contributed by atoms with Crippen molar-refractivity contribution >= 4 is 23.5 Å². The molecule has 0 bridgehead atoms. The molecule has 0 spiro atoms. The van der Waals surface area contributed by atoms with Crippen molar-refractivity contribution in [3.05, 3.63) is 58.6 Å². The SMILES string of the molecule is Cc1ccc(Cl)c(SNC2CCN(Cc3ccc(OC4CC4)cc3)C2)c1. The summed E-state index contributed by atoms with van der Waals surface area (Å²) in [6, 6.07) is 15.2. The highest BCUT2D eigenvalue weighted by Gasteiger charge is 2.24. The average Bonchev–Trinajstić information content (AvgIpc) is 3.34. The highest BCUT2D eigenvalue weighted by molar-refractivity contribution is 7.97. The topological polar surface area (TPSA) is 24.5 Å². The van der Waals surface area contributed by atoms with Crippen LogP contribution in [0.25, 0.3) is 0 Å². The molecule has 138 valence electrons. The Bertz CT molecular complexity index is 748. The molecule has 1 aliphatic heterocycles.